The van der Waals surface area contributed by atoms with Crippen LogP contribution >= 0.6 is 11.8 Å². The highest BCUT2D eigenvalue weighted by atomic mass is 32.2. The molecule has 0 radical (unpaired) electrons. The summed E-state index contributed by atoms with van der Waals surface area (Å²) in [6.45, 7) is 0.385. The molecule has 1 aliphatic rings. The Morgan fingerprint density at radius 2 is 1.87 bits per heavy atom. The molecular formula is C12H17F3N6OS. The Hall–Kier alpha value is -1.78. The Kier molecular flexibility index (Phi) is 5.17. The first-order valence-corrected chi connectivity index (χ1v) is 7.90. The Balaban J connectivity index is 2.01. The van der Waals surface area contributed by atoms with Crippen LogP contribution in [0.15, 0.2) is 5.16 Å². The van der Waals surface area contributed by atoms with Crippen molar-refractivity contribution >= 4 is 29.6 Å². The van der Waals surface area contributed by atoms with Gasteiger partial charge in [0, 0.05) is 6.04 Å². The van der Waals surface area contributed by atoms with Gasteiger partial charge in [-0.25, -0.2) is 0 Å². The number of alkyl halides is 3. The van der Waals surface area contributed by atoms with Gasteiger partial charge in [-0.2, -0.15) is 28.1 Å². The summed E-state index contributed by atoms with van der Waals surface area (Å²) in [6.07, 6.45) is -2.75. The van der Waals surface area contributed by atoms with Crippen molar-refractivity contribution < 1.29 is 18.0 Å². The number of hydrogen-bond acceptors (Lipinski definition) is 7. The summed E-state index contributed by atoms with van der Waals surface area (Å²) in [5, 5.41) is 0.106. The number of carbonyl (C=O) groups is 1. The zero-order chi connectivity index (χ0) is 17.2. The molecule has 1 aromatic heterocycles. The van der Waals surface area contributed by atoms with Crippen LogP contribution in [-0.4, -0.2) is 50.3 Å². The van der Waals surface area contributed by atoms with Gasteiger partial charge in [-0.1, -0.05) is 11.8 Å². The van der Waals surface area contributed by atoms with Crippen molar-refractivity contribution in [3.05, 3.63) is 0 Å². The summed E-state index contributed by atoms with van der Waals surface area (Å²) in [6, 6.07) is -0.446. The predicted molar refractivity (Wildman–Crippen MR) is 79.3 cm³/mol. The van der Waals surface area contributed by atoms with Gasteiger partial charge in [-0.3, -0.25) is 4.79 Å². The minimum atomic E-state index is -4.44. The van der Waals surface area contributed by atoms with E-state index < -0.39 is 24.7 Å². The number of carbonyl (C=O) groups excluding carboxylic acids is 1. The summed E-state index contributed by atoms with van der Waals surface area (Å²) in [7, 11) is 0. The lowest BCUT2D eigenvalue weighted by Crippen LogP contribution is -2.46. The molecule has 1 fully saturated rings. The van der Waals surface area contributed by atoms with Crippen LogP contribution in [0, 0.1) is 5.92 Å². The maximum atomic E-state index is 12.7. The number of amides is 1. The maximum absolute atomic E-state index is 12.7. The second kappa shape index (κ2) is 6.77. The van der Waals surface area contributed by atoms with Crippen LogP contribution in [0.3, 0.4) is 0 Å². The zero-order valence-corrected chi connectivity index (χ0v) is 13.2. The van der Waals surface area contributed by atoms with E-state index in [0.717, 1.165) is 29.5 Å². The SMILES string of the molecule is C[C@@H](C1CC1)N(CC(F)(F)F)C(=O)CSc1nc(N)nc(N)n1. The first kappa shape index (κ1) is 17.6. The van der Waals surface area contributed by atoms with Crippen molar-refractivity contribution in [1.82, 2.24) is 19.9 Å². The van der Waals surface area contributed by atoms with Crippen LogP contribution in [0.4, 0.5) is 25.1 Å². The van der Waals surface area contributed by atoms with Gasteiger partial charge < -0.3 is 16.4 Å². The highest BCUT2D eigenvalue weighted by Crippen LogP contribution is 2.36. The van der Waals surface area contributed by atoms with Crippen molar-refractivity contribution in [3.63, 3.8) is 0 Å². The lowest BCUT2D eigenvalue weighted by atomic mass is 10.2. The summed E-state index contributed by atoms with van der Waals surface area (Å²) >= 11 is 0.880. The molecule has 1 amide bonds. The third kappa shape index (κ3) is 5.41. The van der Waals surface area contributed by atoms with Crippen LogP contribution in [0.5, 0.6) is 0 Å². The van der Waals surface area contributed by atoms with Gasteiger partial charge in [-0.05, 0) is 25.7 Å². The minimum absolute atomic E-state index is 0.106. The molecule has 1 atom stereocenters. The van der Waals surface area contributed by atoms with Gasteiger partial charge in [0.05, 0.1) is 5.75 Å². The molecule has 1 heterocycles. The molecule has 0 bridgehead atoms. The molecule has 0 aliphatic heterocycles. The molecule has 0 unspecified atom stereocenters. The van der Waals surface area contributed by atoms with E-state index in [9.17, 15) is 18.0 Å². The molecule has 128 valence electrons. The number of thioether (sulfide) groups is 1. The number of aromatic nitrogens is 3. The highest BCUT2D eigenvalue weighted by Gasteiger charge is 2.40. The van der Waals surface area contributed by atoms with Crippen LogP contribution in [-0.2, 0) is 4.79 Å². The largest absolute Gasteiger partial charge is 0.406 e. The zero-order valence-electron chi connectivity index (χ0n) is 12.4. The van der Waals surface area contributed by atoms with E-state index in [-0.39, 0.29) is 28.7 Å². The van der Waals surface area contributed by atoms with Crippen molar-refractivity contribution in [1.29, 1.82) is 0 Å². The topological polar surface area (TPSA) is 111 Å². The van der Waals surface area contributed by atoms with Crippen molar-refractivity contribution in [2.75, 3.05) is 23.8 Å². The predicted octanol–water partition coefficient (Wildman–Crippen LogP) is 1.32. The fourth-order valence-electron chi connectivity index (χ4n) is 2.15. The smallest absolute Gasteiger partial charge is 0.368 e. The standard InChI is InChI=1S/C12H17F3N6OS/c1-6(7-2-3-7)21(5-12(13,14)15)8(22)4-23-11-19-9(16)18-10(17)20-11/h6-7H,2-5H2,1H3,(H4,16,17,18,19,20)/t6-/m0/s1. The van der Waals surface area contributed by atoms with Crippen molar-refractivity contribution in [2.45, 2.75) is 37.1 Å². The lowest BCUT2D eigenvalue weighted by Gasteiger charge is -2.30. The summed E-state index contributed by atoms with van der Waals surface area (Å²) in [5.41, 5.74) is 10.8. The van der Waals surface area contributed by atoms with Gasteiger partial charge in [-0.15, -0.1) is 0 Å². The third-order valence-corrected chi connectivity index (χ3v) is 4.27. The Morgan fingerprint density at radius 3 is 2.35 bits per heavy atom. The Morgan fingerprint density at radius 1 is 1.30 bits per heavy atom. The normalized spacial score (nSPS) is 16.2. The van der Waals surface area contributed by atoms with Gasteiger partial charge in [0.2, 0.25) is 17.8 Å². The van der Waals surface area contributed by atoms with E-state index in [1.807, 2.05) is 0 Å². The molecule has 11 heteroatoms. The number of rotatable bonds is 6. The van der Waals surface area contributed by atoms with E-state index in [1.54, 1.807) is 6.92 Å². The Labute approximate surface area is 135 Å². The van der Waals surface area contributed by atoms with Crippen molar-refractivity contribution in [2.24, 2.45) is 5.92 Å². The second-order valence-electron chi connectivity index (χ2n) is 5.34. The van der Waals surface area contributed by atoms with E-state index in [2.05, 4.69) is 15.0 Å². The van der Waals surface area contributed by atoms with Gasteiger partial charge in [0.15, 0.2) is 5.16 Å². The number of nitrogen functional groups attached to an aromatic ring is 2. The molecule has 0 spiro atoms. The van der Waals surface area contributed by atoms with Crippen LogP contribution in [0.25, 0.3) is 0 Å². The Bertz CT molecular complexity index is 560. The van der Waals surface area contributed by atoms with E-state index in [4.69, 9.17) is 11.5 Å². The molecule has 1 aromatic rings. The average Bonchev–Trinajstić information content (AvgIpc) is 3.24. The number of hydrogen-bond donors (Lipinski definition) is 2. The van der Waals surface area contributed by atoms with Crippen molar-refractivity contribution in [3.8, 4) is 0 Å². The van der Waals surface area contributed by atoms with Gasteiger partial charge in [0.25, 0.3) is 0 Å². The fraction of sp³-hybridized carbons (Fsp3) is 0.667. The summed E-state index contributed by atoms with van der Waals surface area (Å²) < 4.78 is 38.1. The lowest BCUT2D eigenvalue weighted by molar-refractivity contribution is -0.164. The molecule has 2 rings (SSSR count). The fourth-order valence-corrected chi connectivity index (χ4v) is 2.88. The number of halogens is 3. The number of anilines is 2. The molecular weight excluding hydrogens is 333 g/mol. The minimum Gasteiger partial charge on any atom is -0.368 e. The van der Waals surface area contributed by atoms with Gasteiger partial charge >= 0.3 is 6.18 Å². The second-order valence-corrected chi connectivity index (χ2v) is 6.28. The van der Waals surface area contributed by atoms with E-state index in [0.29, 0.717) is 0 Å². The monoisotopic (exact) mass is 350 g/mol. The number of nitrogens with zero attached hydrogens (tertiary/aromatic N) is 4. The molecule has 0 aromatic carbocycles. The van der Waals surface area contributed by atoms with E-state index >= 15 is 0 Å². The molecule has 1 saturated carbocycles. The first-order chi connectivity index (χ1) is 10.7. The molecule has 7 nitrogen and oxygen atoms in total. The van der Waals surface area contributed by atoms with Crippen LogP contribution < -0.4 is 11.5 Å². The molecule has 4 N–H and O–H groups in total. The molecule has 1 aliphatic carbocycles. The summed E-state index contributed by atoms with van der Waals surface area (Å²) in [5.74, 6) is -0.924. The molecule has 23 heavy (non-hydrogen) atoms. The maximum Gasteiger partial charge on any atom is 0.406 e. The van der Waals surface area contributed by atoms with Crippen LogP contribution in [0.2, 0.25) is 0 Å². The van der Waals surface area contributed by atoms with E-state index in [1.165, 1.54) is 0 Å². The quantitative estimate of drug-likeness (QED) is 0.744. The third-order valence-electron chi connectivity index (χ3n) is 3.44. The average molecular weight is 350 g/mol. The number of nitrogens with two attached hydrogens (primary N) is 2. The molecule has 0 saturated heterocycles. The summed E-state index contributed by atoms with van der Waals surface area (Å²) in [4.78, 5) is 24.2. The highest BCUT2D eigenvalue weighted by molar-refractivity contribution is 7.99. The van der Waals surface area contributed by atoms with Gasteiger partial charge in [0.1, 0.15) is 6.54 Å². The van der Waals surface area contributed by atoms with Crippen LogP contribution in [0.1, 0.15) is 19.8 Å². The first-order valence-electron chi connectivity index (χ1n) is 6.92.